The van der Waals surface area contributed by atoms with Crippen molar-refractivity contribution in [1.29, 1.82) is 0 Å². The molecule has 0 saturated carbocycles. The van der Waals surface area contributed by atoms with Gasteiger partial charge in [0.2, 0.25) is 5.79 Å². The number of rotatable bonds is 1. The summed E-state index contributed by atoms with van der Waals surface area (Å²) in [6.07, 6.45) is -1.76. The van der Waals surface area contributed by atoms with Crippen molar-refractivity contribution >= 4 is 0 Å². The molecule has 2 saturated heterocycles. The van der Waals surface area contributed by atoms with E-state index >= 15 is 0 Å². The van der Waals surface area contributed by atoms with Crippen molar-refractivity contribution in [3.8, 4) is 0 Å². The maximum absolute atomic E-state index is 9.76. The molecule has 2 aliphatic rings. The summed E-state index contributed by atoms with van der Waals surface area (Å²) in [4.78, 5) is 0. The summed E-state index contributed by atoms with van der Waals surface area (Å²) in [5.41, 5.74) is 0. The molecule has 2 rings (SSSR count). The van der Waals surface area contributed by atoms with Gasteiger partial charge in [-0.05, 0) is 20.8 Å². The van der Waals surface area contributed by atoms with Crippen LogP contribution in [0.3, 0.4) is 0 Å². The van der Waals surface area contributed by atoms with Gasteiger partial charge in [0.1, 0.15) is 18.8 Å². The standard InChI is InChI=1S/C9H16O5/c1-5-6(11)7-9(4-10,12-5)14-8(2,3)13-7/h5-7,10-11H,4H2,1-3H3/t5-,6-,7+,9+/m0/s1. The molecule has 0 aromatic carbocycles. The van der Waals surface area contributed by atoms with Gasteiger partial charge in [-0.25, -0.2) is 0 Å². The topological polar surface area (TPSA) is 68.2 Å². The lowest BCUT2D eigenvalue weighted by Gasteiger charge is -2.25. The molecule has 0 unspecified atom stereocenters. The molecule has 0 bridgehead atoms. The highest BCUT2D eigenvalue weighted by Gasteiger charge is 2.63. The van der Waals surface area contributed by atoms with Crippen molar-refractivity contribution in [2.45, 2.75) is 50.7 Å². The molecular weight excluding hydrogens is 188 g/mol. The summed E-state index contributed by atoms with van der Waals surface area (Å²) in [6, 6.07) is 0. The third-order valence-corrected chi connectivity index (χ3v) is 2.66. The van der Waals surface area contributed by atoms with Crippen LogP contribution in [0.2, 0.25) is 0 Å². The van der Waals surface area contributed by atoms with E-state index in [-0.39, 0.29) is 12.7 Å². The smallest absolute Gasteiger partial charge is 0.224 e. The lowest BCUT2D eigenvalue weighted by Crippen LogP contribution is -2.43. The number of fused-ring (bicyclic) bond motifs is 1. The van der Waals surface area contributed by atoms with Gasteiger partial charge in [-0.3, -0.25) is 0 Å². The fraction of sp³-hybridized carbons (Fsp3) is 1.00. The molecule has 2 heterocycles. The zero-order valence-electron chi connectivity index (χ0n) is 8.56. The highest BCUT2D eigenvalue weighted by molar-refractivity contribution is 5.01. The van der Waals surface area contributed by atoms with E-state index in [1.165, 1.54) is 0 Å². The van der Waals surface area contributed by atoms with Crippen LogP contribution in [-0.4, -0.2) is 46.7 Å². The Bertz CT molecular complexity index is 241. The van der Waals surface area contributed by atoms with Crippen LogP contribution in [-0.2, 0) is 14.2 Å². The van der Waals surface area contributed by atoms with Crippen LogP contribution in [0.15, 0.2) is 0 Å². The van der Waals surface area contributed by atoms with E-state index < -0.39 is 23.8 Å². The minimum Gasteiger partial charge on any atom is -0.391 e. The van der Waals surface area contributed by atoms with Gasteiger partial charge in [-0.1, -0.05) is 0 Å². The van der Waals surface area contributed by atoms with Crippen molar-refractivity contribution in [3.63, 3.8) is 0 Å². The van der Waals surface area contributed by atoms with Crippen LogP contribution in [0, 0.1) is 0 Å². The van der Waals surface area contributed by atoms with E-state index in [2.05, 4.69) is 0 Å². The molecule has 0 amide bonds. The van der Waals surface area contributed by atoms with E-state index in [1.807, 2.05) is 0 Å². The van der Waals surface area contributed by atoms with Crippen molar-refractivity contribution in [3.05, 3.63) is 0 Å². The average Bonchev–Trinajstić information content (AvgIpc) is 2.46. The second-order valence-corrected chi connectivity index (χ2v) is 4.32. The van der Waals surface area contributed by atoms with Gasteiger partial charge in [0.15, 0.2) is 5.79 Å². The summed E-state index contributed by atoms with van der Waals surface area (Å²) < 4.78 is 16.4. The van der Waals surface area contributed by atoms with Crippen molar-refractivity contribution in [2.24, 2.45) is 0 Å². The van der Waals surface area contributed by atoms with Crippen LogP contribution in [0.1, 0.15) is 20.8 Å². The van der Waals surface area contributed by atoms with Gasteiger partial charge in [-0.15, -0.1) is 0 Å². The maximum atomic E-state index is 9.76. The Morgan fingerprint density at radius 1 is 1.29 bits per heavy atom. The second-order valence-electron chi connectivity index (χ2n) is 4.32. The molecule has 2 aliphatic heterocycles. The lowest BCUT2D eigenvalue weighted by molar-refractivity contribution is -0.271. The quantitative estimate of drug-likeness (QED) is 0.608. The molecule has 14 heavy (non-hydrogen) atoms. The average molecular weight is 204 g/mol. The lowest BCUT2D eigenvalue weighted by atomic mass is 10.1. The number of hydrogen-bond donors (Lipinski definition) is 2. The van der Waals surface area contributed by atoms with E-state index in [0.29, 0.717) is 0 Å². The SMILES string of the molecule is C[C@@H]1O[C@]2(CO)OC(C)(C)O[C@@H]2[C@H]1O. The molecule has 2 N–H and O–H groups in total. The van der Waals surface area contributed by atoms with Gasteiger partial charge >= 0.3 is 0 Å². The van der Waals surface area contributed by atoms with Crippen LogP contribution in [0.5, 0.6) is 0 Å². The Labute approximate surface area is 82.6 Å². The Hall–Kier alpha value is -0.200. The normalized spacial score (nSPS) is 50.8. The monoisotopic (exact) mass is 204 g/mol. The van der Waals surface area contributed by atoms with Gasteiger partial charge in [0, 0.05) is 0 Å². The minimum absolute atomic E-state index is 0.317. The number of aliphatic hydroxyl groups is 2. The predicted molar refractivity (Wildman–Crippen MR) is 46.4 cm³/mol. The summed E-state index contributed by atoms with van der Waals surface area (Å²) in [5.74, 6) is -2.02. The number of ether oxygens (including phenoxy) is 3. The van der Waals surface area contributed by atoms with Crippen LogP contribution >= 0.6 is 0 Å². The fourth-order valence-corrected chi connectivity index (χ4v) is 2.10. The highest BCUT2D eigenvalue weighted by atomic mass is 16.9. The largest absolute Gasteiger partial charge is 0.391 e. The first kappa shape index (κ1) is 10.3. The first-order valence-corrected chi connectivity index (χ1v) is 4.75. The van der Waals surface area contributed by atoms with Crippen molar-refractivity contribution in [1.82, 2.24) is 0 Å². The minimum atomic E-state index is -1.19. The molecule has 4 atom stereocenters. The second kappa shape index (κ2) is 2.90. The highest BCUT2D eigenvalue weighted by Crippen LogP contribution is 2.44. The van der Waals surface area contributed by atoms with Gasteiger partial charge < -0.3 is 24.4 Å². The third kappa shape index (κ3) is 1.28. The zero-order chi connectivity index (χ0) is 10.6. The first-order valence-electron chi connectivity index (χ1n) is 4.75. The van der Waals surface area contributed by atoms with E-state index in [9.17, 15) is 10.2 Å². The van der Waals surface area contributed by atoms with Crippen molar-refractivity contribution in [2.75, 3.05) is 6.61 Å². The molecule has 82 valence electrons. The van der Waals surface area contributed by atoms with Crippen LogP contribution < -0.4 is 0 Å². The fourth-order valence-electron chi connectivity index (χ4n) is 2.10. The Balaban J connectivity index is 2.27. The molecule has 0 aromatic rings. The van der Waals surface area contributed by atoms with E-state index in [4.69, 9.17) is 14.2 Å². The van der Waals surface area contributed by atoms with Crippen LogP contribution in [0.4, 0.5) is 0 Å². The van der Waals surface area contributed by atoms with E-state index in [1.54, 1.807) is 20.8 Å². The predicted octanol–water partition coefficient (Wildman–Crippen LogP) is -0.394. The molecule has 0 spiro atoms. The Morgan fingerprint density at radius 3 is 2.43 bits per heavy atom. The first-order chi connectivity index (χ1) is 6.40. The zero-order valence-corrected chi connectivity index (χ0v) is 8.56. The van der Waals surface area contributed by atoms with Crippen molar-refractivity contribution < 1.29 is 24.4 Å². The molecule has 0 aromatic heterocycles. The molecule has 0 aliphatic carbocycles. The van der Waals surface area contributed by atoms with Gasteiger partial charge in [-0.2, -0.15) is 0 Å². The maximum Gasteiger partial charge on any atom is 0.224 e. The number of aliphatic hydroxyl groups excluding tert-OH is 2. The summed E-state index contributed by atoms with van der Waals surface area (Å²) in [5, 5.41) is 19.0. The Kier molecular flexibility index (Phi) is 2.14. The summed E-state index contributed by atoms with van der Waals surface area (Å²) >= 11 is 0. The molecule has 5 nitrogen and oxygen atoms in total. The molecule has 0 radical (unpaired) electrons. The van der Waals surface area contributed by atoms with Gasteiger partial charge in [0.25, 0.3) is 0 Å². The molecule has 5 heteroatoms. The Morgan fingerprint density at radius 2 is 1.93 bits per heavy atom. The molecule has 2 fully saturated rings. The third-order valence-electron chi connectivity index (χ3n) is 2.66. The summed E-state index contributed by atoms with van der Waals surface area (Å²) in [7, 11) is 0. The molecular formula is C9H16O5. The number of hydrogen-bond acceptors (Lipinski definition) is 5. The van der Waals surface area contributed by atoms with Gasteiger partial charge in [0.05, 0.1) is 6.10 Å². The van der Waals surface area contributed by atoms with E-state index in [0.717, 1.165) is 0 Å². The van der Waals surface area contributed by atoms with Crippen LogP contribution in [0.25, 0.3) is 0 Å². The summed E-state index contributed by atoms with van der Waals surface area (Å²) in [6.45, 7) is 4.86.